The molecule has 2 heterocycles. The molecule has 0 radical (unpaired) electrons. The van der Waals surface area contributed by atoms with Crippen molar-refractivity contribution in [2.75, 3.05) is 33.2 Å². The van der Waals surface area contributed by atoms with Crippen LogP contribution in [0, 0.1) is 5.92 Å². The van der Waals surface area contributed by atoms with Gasteiger partial charge in [-0.15, -0.1) is 0 Å². The Morgan fingerprint density at radius 2 is 2.11 bits per heavy atom. The molecule has 0 aromatic rings. The zero-order chi connectivity index (χ0) is 13.3. The van der Waals surface area contributed by atoms with Crippen LogP contribution in [0.25, 0.3) is 0 Å². The Balaban J connectivity index is 1.96. The molecule has 2 amide bonds. The fraction of sp³-hybridized carbons (Fsp3) is 0.929. The van der Waals surface area contributed by atoms with E-state index in [-0.39, 0.29) is 6.03 Å². The molecule has 18 heavy (non-hydrogen) atoms. The fourth-order valence-electron chi connectivity index (χ4n) is 3.37. The van der Waals surface area contributed by atoms with Gasteiger partial charge in [0, 0.05) is 26.2 Å². The van der Waals surface area contributed by atoms with Crippen molar-refractivity contribution in [3.05, 3.63) is 0 Å². The number of likely N-dealkylation sites (N-methyl/N-ethyl adjacent to an activating group) is 2. The lowest BCUT2D eigenvalue weighted by molar-refractivity contribution is 0.175. The van der Waals surface area contributed by atoms with Crippen LogP contribution in [0.2, 0.25) is 0 Å². The Kier molecular flexibility index (Phi) is 4.15. The van der Waals surface area contributed by atoms with Crippen molar-refractivity contribution in [1.82, 2.24) is 14.7 Å². The molecule has 4 nitrogen and oxygen atoms in total. The van der Waals surface area contributed by atoms with Gasteiger partial charge in [0.05, 0.1) is 6.04 Å². The minimum Gasteiger partial charge on any atom is -0.323 e. The van der Waals surface area contributed by atoms with Crippen molar-refractivity contribution in [3.63, 3.8) is 0 Å². The highest BCUT2D eigenvalue weighted by atomic mass is 16.2. The van der Waals surface area contributed by atoms with E-state index in [0.717, 1.165) is 19.6 Å². The first-order valence-corrected chi connectivity index (χ1v) is 7.30. The largest absolute Gasteiger partial charge is 0.323 e. The highest BCUT2D eigenvalue weighted by Crippen LogP contribution is 2.24. The van der Waals surface area contributed by atoms with E-state index >= 15 is 0 Å². The van der Waals surface area contributed by atoms with Crippen LogP contribution >= 0.6 is 0 Å². The zero-order valence-corrected chi connectivity index (χ0v) is 12.2. The first-order chi connectivity index (χ1) is 8.54. The van der Waals surface area contributed by atoms with Gasteiger partial charge in [0.2, 0.25) is 0 Å². The van der Waals surface area contributed by atoms with E-state index in [2.05, 4.69) is 30.6 Å². The number of hydrogen-bond donors (Lipinski definition) is 0. The van der Waals surface area contributed by atoms with Gasteiger partial charge < -0.3 is 9.80 Å². The van der Waals surface area contributed by atoms with Crippen molar-refractivity contribution in [3.8, 4) is 0 Å². The fourth-order valence-corrected chi connectivity index (χ4v) is 3.37. The second-order valence-electron chi connectivity index (χ2n) is 6.03. The van der Waals surface area contributed by atoms with Crippen molar-refractivity contribution in [2.24, 2.45) is 5.92 Å². The summed E-state index contributed by atoms with van der Waals surface area (Å²) in [6.45, 7) is 10.7. The predicted molar refractivity (Wildman–Crippen MR) is 73.6 cm³/mol. The van der Waals surface area contributed by atoms with E-state index in [9.17, 15) is 4.79 Å². The highest BCUT2D eigenvalue weighted by Gasteiger charge is 2.38. The first kappa shape index (κ1) is 13.7. The van der Waals surface area contributed by atoms with Gasteiger partial charge in [-0.2, -0.15) is 0 Å². The van der Waals surface area contributed by atoms with Gasteiger partial charge in [0.1, 0.15) is 0 Å². The second kappa shape index (κ2) is 5.47. The molecule has 0 N–H and O–H groups in total. The number of rotatable bonds is 4. The molecular weight excluding hydrogens is 226 g/mol. The molecule has 4 heteroatoms. The van der Waals surface area contributed by atoms with Crippen LogP contribution in [-0.4, -0.2) is 66.0 Å². The molecule has 104 valence electrons. The van der Waals surface area contributed by atoms with Gasteiger partial charge in [-0.3, -0.25) is 4.90 Å². The molecule has 2 unspecified atom stereocenters. The van der Waals surface area contributed by atoms with Crippen LogP contribution in [0.3, 0.4) is 0 Å². The lowest BCUT2D eigenvalue weighted by Crippen LogP contribution is -2.41. The zero-order valence-electron chi connectivity index (χ0n) is 12.2. The van der Waals surface area contributed by atoms with E-state index in [1.807, 2.05) is 11.9 Å². The van der Waals surface area contributed by atoms with Crippen LogP contribution in [0.15, 0.2) is 0 Å². The summed E-state index contributed by atoms with van der Waals surface area (Å²) in [5, 5.41) is 0. The third-order valence-corrected chi connectivity index (χ3v) is 4.58. The third kappa shape index (κ3) is 2.48. The summed E-state index contributed by atoms with van der Waals surface area (Å²) >= 11 is 0. The van der Waals surface area contributed by atoms with Crippen LogP contribution in [-0.2, 0) is 0 Å². The summed E-state index contributed by atoms with van der Waals surface area (Å²) in [4.78, 5) is 18.7. The number of carbonyl (C=O) groups is 1. The summed E-state index contributed by atoms with van der Waals surface area (Å²) < 4.78 is 0. The number of hydrogen-bond acceptors (Lipinski definition) is 2. The Morgan fingerprint density at radius 1 is 1.39 bits per heavy atom. The number of amides is 2. The minimum absolute atomic E-state index is 0.219. The van der Waals surface area contributed by atoms with Crippen LogP contribution < -0.4 is 0 Å². The van der Waals surface area contributed by atoms with E-state index in [0.29, 0.717) is 18.0 Å². The summed E-state index contributed by atoms with van der Waals surface area (Å²) in [6.07, 6.45) is 2.53. The van der Waals surface area contributed by atoms with Gasteiger partial charge in [-0.25, -0.2) is 4.79 Å². The molecule has 0 aromatic heterocycles. The number of likely N-dealkylation sites (tertiary alicyclic amines) is 1. The van der Waals surface area contributed by atoms with Crippen molar-refractivity contribution in [1.29, 1.82) is 0 Å². The average Bonchev–Trinajstić information content (AvgIpc) is 2.89. The molecule has 2 fully saturated rings. The molecule has 2 aliphatic rings. The Hall–Kier alpha value is -0.770. The molecular formula is C14H27N3O. The van der Waals surface area contributed by atoms with Gasteiger partial charge in [-0.1, -0.05) is 20.8 Å². The van der Waals surface area contributed by atoms with Crippen LogP contribution in [0.4, 0.5) is 4.79 Å². The molecule has 2 rings (SSSR count). The molecule has 0 aliphatic carbocycles. The maximum absolute atomic E-state index is 12.2. The number of carbonyl (C=O) groups excluding carboxylic acids is 1. The Morgan fingerprint density at radius 3 is 2.67 bits per heavy atom. The SMILES string of the molecule is CCN1CCCC1CN1CC(C(C)C)N(C)C1=O. The molecule has 0 aromatic carbocycles. The molecule has 2 aliphatic heterocycles. The standard InChI is InChI=1S/C14H27N3O/c1-5-16-8-6-7-12(16)9-17-10-13(11(2)3)15(4)14(17)18/h11-13H,5-10H2,1-4H3. The minimum atomic E-state index is 0.219. The first-order valence-electron chi connectivity index (χ1n) is 7.30. The Bertz CT molecular complexity index is 305. The quantitative estimate of drug-likeness (QED) is 0.764. The average molecular weight is 253 g/mol. The van der Waals surface area contributed by atoms with E-state index in [4.69, 9.17) is 0 Å². The van der Waals surface area contributed by atoms with Crippen molar-refractivity contribution >= 4 is 6.03 Å². The van der Waals surface area contributed by atoms with E-state index in [1.54, 1.807) is 0 Å². The Labute approximate surface area is 111 Å². The maximum atomic E-state index is 12.2. The van der Waals surface area contributed by atoms with Gasteiger partial charge in [0.15, 0.2) is 0 Å². The van der Waals surface area contributed by atoms with Crippen LogP contribution in [0.1, 0.15) is 33.6 Å². The summed E-state index contributed by atoms with van der Waals surface area (Å²) in [6, 6.07) is 1.18. The van der Waals surface area contributed by atoms with E-state index < -0.39 is 0 Å². The summed E-state index contributed by atoms with van der Waals surface area (Å²) in [5.41, 5.74) is 0. The number of urea groups is 1. The van der Waals surface area contributed by atoms with Gasteiger partial charge >= 0.3 is 6.03 Å². The lowest BCUT2D eigenvalue weighted by Gasteiger charge is -2.27. The van der Waals surface area contributed by atoms with Crippen molar-refractivity contribution in [2.45, 2.75) is 45.7 Å². The smallest absolute Gasteiger partial charge is 0.320 e. The lowest BCUT2D eigenvalue weighted by atomic mass is 10.0. The summed E-state index contributed by atoms with van der Waals surface area (Å²) in [5.74, 6) is 0.537. The molecule has 0 saturated carbocycles. The van der Waals surface area contributed by atoms with E-state index in [1.165, 1.54) is 19.4 Å². The maximum Gasteiger partial charge on any atom is 0.320 e. The molecule has 2 saturated heterocycles. The third-order valence-electron chi connectivity index (χ3n) is 4.58. The van der Waals surface area contributed by atoms with Crippen molar-refractivity contribution < 1.29 is 4.79 Å². The predicted octanol–water partition coefficient (Wildman–Crippen LogP) is 1.86. The monoisotopic (exact) mass is 253 g/mol. The normalized spacial score (nSPS) is 29.9. The molecule has 2 atom stereocenters. The van der Waals surface area contributed by atoms with Gasteiger partial charge in [0.25, 0.3) is 0 Å². The topological polar surface area (TPSA) is 26.8 Å². The second-order valence-corrected chi connectivity index (χ2v) is 6.03. The van der Waals surface area contributed by atoms with Gasteiger partial charge in [-0.05, 0) is 31.8 Å². The number of nitrogens with zero attached hydrogens (tertiary/aromatic N) is 3. The molecule has 0 spiro atoms. The highest BCUT2D eigenvalue weighted by molar-refractivity contribution is 5.77. The molecule has 0 bridgehead atoms. The summed E-state index contributed by atoms with van der Waals surface area (Å²) in [7, 11) is 1.94. The van der Waals surface area contributed by atoms with Crippen LogP contribution in [0.5, 0.6) is 0 Å².